The highest BCUT2D eigenvalue weighted by atomic mass is 16.5. The first kappa shape index (κ1) is 16.1. The molecule has 7 nitrogen and oxygen atoms in total. The Morgan fingerprint density at radius 2 is 2.36 bits per heavy atom. The zero-order valence-electron chi connectivity index (χ0n) is 13.9. The normalized spacial score (nSPS) is 25.4. The summed E-state index contributed by atoms with van der Waals surface area (Å²) in [5.41, 5.74) is 2.49. The van der Waals surface area contributed by atoms with Crippen LogP contribution < -0.4 is 5.32 Å². The van der Waals surface area contributed by atoms with Crippen LogP contribution in [0.25, 0.3) is 0 Å². The zero-order chi connectivity index (χ0) is 17.2. The minimum atomic E-state index is -0.457. The number of fused-ring (bicyclic) bond motifs is 1. The van der Waals surface area contributed by atoms with E-state index in [4.69, 9.17) is 4.74 Å². The molecule has 1 unspecified atom stereocenters. The number of hydrogen-bond acceptors (Lipinski definition) is 6. The molecule has 25 heavy (non-hydrogen) atoms. The molecule has 130 valence electrons. The molecule has 1 fully saturated rings. The van der Waals surface area contributed by atoms with E-state index >= 15 is 0 Å². The van der Waals surface area contributed by atoms with Crippen LogP contribution in [0.1, 0.15) is 29.7 Å². The average Bonchev–Trinajstić information content (AvgIpc) is 3.24. The first-order valence-electron chi connectivity index (χ1n) is 8.65. The van der Waals surface area contributed by atoms with Gasteiger partial charge >= 0.3 is 0 Å². The van der Waals surface area contributed by atoms with Crippen LogP contribution in [0.4, 0.5) is 5.82 Å². The number of nitrogens with one attached hydrogen (secondary N) is 1. The molecular weight excluding hydrogens is 318 g/mol. The monoisotopic (exact) mass is 339 g/mol. The Morgan fingerprint density at radius 3 is 3.16 bits per heavy atom. The van der Waals surface area contributed by atoms with Gasteiger partial charge in [0.25, 0.3) is 0 Å². The van der Waals surface area contributed by atoms with Gasteiger partial charge in [-0.3, -0.25) is 4.68 Å². The van der Waals surface area contributed by atoms with Crippen molar-refractivity contribution in [2.45, 2.75) is 44.6 Å². The summed E-state index contributed by atoms with van der Waals surface area (Å²) < 4.78 is 7.36. The fourth-order valence-electron chi connectivity index (χ4n) is 3.75. The third-order valence-electron chi connectivity index (χ3n) is 5.02. The van der Waals surface area contributed by atoms with Gasteiger partial charge in [-0.05, 0) is 42.9 Å². The van der Waals surface area contributed by atoms with Crippen molar-refractivity contribution in [2.75, 3.05) is 11.9 Å². The summed E-state index contributed by atoms with van der Waals surface area (Å²) in [5.74, 6) is 0.898. The van der Waals surface area contributed by atoms with Crippen molar-refractivity contribution >= 4 is 5.82 Å². The fourth-order valence-corrected chi connectivity index (χ4v) is 3.75. The van der Waals surface area contributed by atoms with Crippen molar-refractivity contribution in [1.29, 1.82) is 5.26 Å². The highest BCUT2D eigenvalue weighted by Crippen LogP contribution is 2.31. The molecule has 2 aromatic heterocycles. The Balaban J connectivity index is 1.49. The van der Waals surface area contributed by atoms with E-state index in [0.29, 0.717) is 36.9 Å². The van der Waals surface area contributed by atoms with Gasteiger partial charge in [-0.2, -0.15) is 10.4 Å². The van der Waals surface area contributed by atoms with Gasteiger partial charge in [0.15, 0.2) is 0 Å². The number of aliphatic hydroxyl groups is 1. The van der Waals surface area contributed by atoms with Crippen LogP contribution in [0.2, 0.25) is 0 Å². The number of ether oxygens (including phenoxy) is 1. The number of hydrogen-bond donors (Lipinski definition) is 2. The van der Waals surface area contributed by atoms with Gasteiger partial charge in [0.2, 0.25) is 0 Å². The van der Waals surface area contributed by atoms with Crippen molar-refractivity contribution in [2.24, 2.45) is 5.92 Å². The maximum Gasteiger partial charge on any atom is 0.144 e. The van der Waals surface area contributed by atoms with Gasteiger partial charge in [0.1, 0.15) is 11.9 Å². The Hall–Kier alpha value is -2.43. The van der Waals surface area contributed by atoms with Crippen LogP contribution in [-0.4, -0.2) is 38.6 Å². The van der Waals surface area contributed by atoms with E-state index in [0.717, 1.165) is 30.6 Å². The molecule has 0 radical (unpaired) electrons. The molecule has 4 rings (SSSR count). The zero-order valence-corrected chi connectivity index (χ0v) is 13.9. The molecule has 2 N–H and O–H groups in total. The summed E-state index contributed by atoms with van der Waals surface area (Å²) in [5, 5.41) is 27.4. The molecule has 0 bridgehead atoms. The van der Waals surface area contributed by atoms with Crippen molar-refractivity contribution in [3.05, 3.63) is 41.3 Å². The molecule has 3 atom stereocenters. The maximum absolute atomic E-state index is 10.4. The predicted octanol–water partition coefficient (Wildman–Crippen LogP) is 1.47. The highest BCUT2D eigenvalue weighted by Gasteiger charge is 2.34. The van der Waals surface area contributed by atoms with Gasteiger partial charge in [-0.15, -0.1) is 0 Å². The molecule has 0 aromatic carbocycles. The molecule has 0 spiro atoms. The summed E-state index contributed by atoms with van der Waals surface area (Å²) in [6.45, 7) is 1.94. The molecule has 1 saturated carbocycles. The summed E-state index contributed by atoms with van der Waals surface area (Å²) >= 11 is 0. The van der Waals surface area contributed by atoms with Crippen LogP contribution in [0.3, 0.4) is 0 Å². The van der Waals surface area contributed by atoms with E-state index in [1.807, 2.05) is 23.0 Å². The van der Waals surface area contributed by atoms with Crippen LogP contribution >= 0.6 is 0 Å². The summed E-state index contributed by atoms with van der Waals surface area (Å²) in [6, 6.07) is 5.91. The summed E-state index contributed by atoms with van der Waals surface area (Å²) in [7, 11) is 0. The lowest BCUT2D eigenvalue weighted by Crippen LogP contribution is -2.29. The quantitative estimate of drug-likeness (QED) is 0.876. The number of anilines is 1. The average molecular weight is 339 g/mol. The van der Waals surface area contributed by atoms with E-state index in [1.165, 1.54) is 0 Å². The molecule has 0 saturated heterocycles. The van der Waals surface area contributed by atoms with Gasteiger partial charge in [0.05, 0.1) is 36.6 Å². The molecule has 1 aliphatic heterocycles. The SMILES string of the molecule is N#Cc1cc2c(nc1N[C@@H]1CC(Cn3cccn3)C[C@H]1O)COCC2. The van der Waals surface area contributed by atoms with Gasteiger partial charge < -0.3 is 15.2 Å². The minimum Gasteiger partial charge on any atom is -0.391 e. The maximum atomic E-state index is 10.4. The molecule has 2 aliphatic rings. The second-order valence-electron chi connectivity index (χ2n) is 6.79. The van der Waals surface area contributed by atoms with Crippen LogP contribution in [-0.2, 0) is 24.3 Å². The van der Waals surface area contributed by atoms with Gasteiger partial charge in [-0.1, -0.05) is 0 Å². The van der Waals surface area contributed by atoms with E-state index in [1.54, 1.807) is 6.20 Å². The molecular formula is C18H21N5O2. The van der Waals surface area contributed by atoms with Gasteiger partial charge in [0, 0.05) is 18.9 Å². The lowest BCUT2D eigenvalue weighted by Gasteiger charge is -2.21. The second kappa shape index (κ2) is 6.82. The van der Waals surface area contributed by atoms with Crippen molar-refractivity contribution < 1.29 is 9.84 Å². The first-order chi connectivity index (χ1) is 12.2. The van der Waals surface area contributed by atoms with E-state index in [9.17, 15) is 10.4 Å². The van der Waals surface area contributed by atoms with E-state index in [2.05, 4.69) is 21.5 Å². The third kappa shape index (κ3) is 3.36. The van der Waals surface area contributed by atoms with Crippen molar-refractivity contribution in [1.82, 2.24) is 14.8 Å². The molecule has 1 aliphatic carbocycles. The lowest BCUT2D eigenvalue weighted by atomic mass is 10.1. The van der Waals surface area contributed by atoms with Crippen LogP contribution in [0.5, 0.6) is 0 Å². The summed E-state index contributed by atoms with van der Waals surface area (Å²) in [4.78, 5) is 4.60. The standard InChI is InChI=1S/C18H21N5O2/c19-9-14-8-13-2-5-25-11-16(13)22-18(14)21-15-6-12(7-17(15)24)10-23-4-1-3-20-23/h1,3-4,8,12,15,17,24H,2,5-7,10-11H2,(H,21,22)/t12?,15-,17-/m1/s1. The van der Waals surface area contributed by atoms with Crippen LogP contribution in [0, 0.1) is 17.2 Å². The van der Waals surface area contributed by atoms with Crippen LogP contribution in [0.15, 0.2) is 24.5 Å². The molecule has 7 heteroatoms. The Labute approximate surface area is 146 Å². The largest absolute Gasteiger partial charge is 0.391 e. The topological polar surface area (TPSA) is 96.0 Å². The molecule has 3 heterocycles. The number of rotatable bonds is 4. The van der Waals surface area contributed by atoms with Crippen molar-refractivity contribution in [3.63, 3.8) is 0 Å². The van der Waals surface area contributed by atoms with Crippen molar-refractivity contribution in [3.8, 4) is 6.07 Å². The van der Waals surface area contributed by atoms with E-state index < -0.39 is 6.10 Å². The number of aliphatic hydroxyl groups excluding tert-OH is 1. The second-order valence-corrected chi connectivity index (χ2v) is 6.79. The lowest BCUT2D eigenvalue weighted by molar-refractivity contribution is 0.107. The summed E-state index contributed by atoms with van der Waals surface area (Å²) in [6.07, 6.45) is 5.57. The highest BCUT2D eigenvalue weighted by molar-refractivity contribution is 5.55. The van der Waals surface area contributed by atoms with Gasteiger partial charge in [-0.25, -0.2) is 4.98 Å². The Kier molecular flexibility index (Phi) is 4.38. The number of pyridine rings is 1. The number of aromatic nitrogens is 3. The third-order valence-corrected chi connectivity index (χ3v) is 5.02. The molecule has 0 amide bonds. The smallest absolute Gasteiger partial charge is 0.144 e. The predicted molar refractivity (Wildman–Crippen MR) is 90.7 cm³/mol. The molecule has 2 aromatic rings. The Bertz CT molecular complexity index is 784. The van der Waals surface area contributed by atoms with E-state index in [-0.39, 0.29) is 6.04 Å². The fraction of sp³-hybridized carbons (Fsp3) is 0.500. The first-order valence-corrected chi connectivity index (χ1v) is 8.65. The number of nitriles is 1. The number of nitrogens with zero attached hydrogens (tertiary/aromatic N) is 4. The minimum absolute atomic E-state index is 0.109. The Morgan fingerprint density at radius 1 is 1.44 bits per heavy atom.